The van der Waals surface area contributed by atoms with E-state index in [9.17, 15) is 5.26 Å². The normalized spacial score (nSPS) is 26.1. The summed E-state index contributed by atoms with van der Waals surface area (Å²) in [6.45, 7) is 2.67. The van der Waals surface area contributed by atoms with Gasteiger partial charge in [-0.2, -0.15) is 5.26 Å². The third-order valence-electron chi connectivity index (χ3n) is 6.44. The highest BCUT2D eigenvalue weighted by Gasteiger charge is 2.33. The Morgan fingerprint density at radius 3 is 2.61 bits per heavy atom. The third-order valence-corrected chi connectivity index (χ3v) is 6.69. The first-order chi connectivity index (χ1) is 13.6. The van der Waals surface area contributed by atoms with Crippen LogP contribution in [0.15, 0.2) is 36.5 Å². The lowest BCUT2D eigenvalue weighted by atomic mass is 9.81. The molecule has 0 amide bonds. The van der Waals surface area contributed by atoms with E-state index in [1.54, 1.807) is 0 Å². The number of nitriles is 1. The highest BCUT2D eigenvalue weighted by Crippen LogP contribution is 2.36. The Labute approximate surface area is 172 Å². The van der Waals surface area contributed by atoms with Gasteiger partial charge in [-0.25, -0.2) is 0 Å². The van der Waals surface area contributed by atoms with Crippen LogP contribution in [0.3, 0.4) is 0 Å². The molecule has 1 aliphatic heterocycles. The zero-order chi connectivity index (χ0) is 19.5. The molecular formula is C23H28ClN3O. The van der Waals surface area contributed by atoms with E-state index in [-0.39, 0.29) is 0 Å². The molecule has 1 aliphatic carbocycles. The van der Waals surface area contributed by atoms with Crippen molar-refractivity contribution in [1.82, 2.24) is 9.47 Å². The van der Waals surface area contributed by atoms with E-state index in [0.29, 0.717) is 18.0 Å². The highest BCUT2D eigenvalue weighted by molar-refractivity contribution is 6.30. The van der Waals surface area contributed by atoms with Gasteiger partial charge in [-0.05, 0) is 67.3 Å². The molecule has 4 nitrogen and oxygen atoms in total. The van der Waals surface area contributed by atoms with Crippen molar-refractivity contribution >= 4 is 11.6 Å². The van der Waals surface area contributed by atoms with Gasteiger partial charge in [0.2, 0.25) is 0 Å². The van der Waals surface area contributed by atoms with Crippen LogP contribution in [0.4, 0.5) is 0 Å². The molecule has 1 aromatic carbocycles. The number of morpholine rings is 1. The summed E-state index contributed by atoms with van der Waals surface area (Å²) >= 11 is 6.04. The Morgan fingerprint density at radius 1 is 1.18 bits per heavy atom. The molecule has 0 N–H and O–H groups in total. The molecule has 5 heteroatoms. The minimum absolute atomic E-state index is 0.443. The Hall–Kier alpha value is -1.80. The van der Waals surface area contributed by atoms with Crippen molar-refractivity contribution < 1.29 is 4.74 Å². The Kier molecular flexibility index (Phi) is 6.06. The zero-order valence-electron chi connectivity index (χ0n) is 16.5. The molecule has 2 heterocycles. The largest absolute Gasteiger partial charge is 0.378 e. The minimum Gasteiger partial charge on any atom is -0.378 e. The second-order valence-electron chi connectivity index (χ2n) is 8.18. The molecule has 1 saturated heterocycles. The highest BCUT2D eigenvalue weighted by atomic mass is 35.5. The van der Waals surface area contributed by atoms with Crippen molar-refractivity contribution in [3.63, 3.8) is 0 Å². The van der Waals surface area contributed by atoms with Crippen molar-refractivity contribution in [3.05, 3.63) is 58.4 Å². The predicted octanol–water partition coefficient (Wildman–Crippen LogP) is 4.52. The monoisotopic (exact) mass is 397 g/mol. The maximum absolute atomic E-state index is 9.21. The van der Waals surface area contributed by atoms with E-state index in [0.717, 1.165) is 36.9 Å². The topological polar surface area (TPSA) is 41.2 Å². The lowest BCUT2D eigenvalue weighted by Gasteiger charge is -2.44. The zero-order valence-corrected chi connectivity index (χ0v) is 17.2. The Bertz CT molecular complexity index is 831. The molecule has 0 radical (unpaired) electrons. The predicted molar refractivity (Wildman–Crippen MR) is 112 cm³/mol. The molecule has 4 rings (SSSR count). The quantitative estimate of drug-likeness (QED) is 0.761. The summed E-state index contributed by atoms with van der Waals surface area (Å²) in [4.78, 5) is 2.69. The SMILES string of the molecule is Cn1cc(C2CCC(N3CCOC[C@@H]3Cc3ccc(Cl)cc3)CC2)cc1C#N. The summed E-state index contributed by atoms with van der Waals surface area (Å²) in [5, 5.41) is 10.0. The number of rotatable bonds is 4. The van der Waals surface area contributed by atoms with Crippen LogP contribution in [-0.4, -0.2) is 41.3 Å². The lowest BCUT2D eigenvalue weighted by molar-refractivity contribution is -0.0366. The van der Waals surface area contributed by atoms with Gasteiger partial charge in [0.25, 0.3) is 0 Å². The maximum atomic E-state index is 9.21. The first-order valence-electron chi connectivity index (χ1n) is 10.3. The fourth-order valence-corrected chi connectivity index (χ4v) is 5.01. The van der Waals surface area contributed by atoms with Crippen molar-refractivity contribution in [3.8, 4) is 6.07 Å². The number of benzene rings is 1. The van der Waals surface area contributed by atoms with E-state index in [4.69, 9.17) is 16.3 Å². The van der Waals surface area contributed by atoms with Gasteiger partial charge in [0.1, 0.15) is 11.8 Å². The van der Waals surface area contributed by atoms with E-state index >= 15 is 0 Å². The van der Waals surface area contributed by atoms with Crippen LogP contribution in [0.5, 0.6) is 0 Å². The molecule has 0 spiro atoms. The molecule has 2 aromatic rings. The van der Waals surface area contributed by atoms with Gasteiger partial charge in [0, 0.05) is 36.9 Å². The first kappa shape index (κ1) is 19.5. The van der Waals surface area contributed by atoms with Crippen molar-refractivity contribution in [2.75, 3.05) is 19.8 Å². The molecule has 148 valence electrons. The van der Waals surface area contributed by atoms with E-state index in [2.05, 4.69) is 35.4 Å². The van der Waals surface area contributed by atoms with Crippen LogP contribution < -0.4 is 0 Å². The van der Waals surface area contributed by atoms with Crippen LogP contribution in [0.2, 0.25) is 5.02 Å². The average Bonchev–Trinajstić information content (AvgIpc) is 3.11. The molecule has 0 bridgehead atoms. The summed E-state index contributed by atoms with van der Waals surface area (Å²) < 4.78 is 7.77. The number of ether oxygens (including phenoxy) is 1. The molecule has 1 atom stereocenters. The molecule has 2 fully saturated rings. The van der Waals surface area contributed by atoms with Crippen LogP contribution >= 0.6 is 11.6 Å². The third kappa shape index (κ3) is 4.27. The minimum atomic E-state index is 0.443. The number of halogens is 1. The van der Waals surface area contributed by atoms with E-state index in [1.165, 1.54) is 36.8 Å². The van der Waals surface area contributed by atoms with Gasteiger partial charge in [-0.3, -0.25) is 4.90 Å². The van der Waals surface area contributed by atoms with E-state index in [1.807, 2.05) is 23.7 Å². The maximum Gasteiger partial charge on any atom is 0.120 e. The van der Waals surface area contributed by atoms with Gasteiger partial charge in [0.05, 0.1) is 13.2 Å². The second kappa shape index (κ2) is 8.69. The summed E-state index contributed by atoms with van der Waals surface area (Å²) in [6.07, 6.45) is 8.00. The Balaban J connectivity index is 1.39. The number of hydrogen-bond donors (Lipinski definition) is 0. The number of hydrogen-bond acceptors (Lipinski definition) is 3. The summed E-state index contributed by atoms with van der Waals surface area (Å²) in [7, 11) is 1.96. The van der Waals surface area contributed by atoms with Crippen molar-refractivity contribution in [1.29, 1.82) is 5.26 Å². The molecule has 1 aromatic heterocycles. The number of aryl methyl sites for hydroxylation is 1. The molecule has 0 unspecified atom stereocenters. The Morgan fingerprint density at radius 2 is 1.93 bits per heavy atom. The second-order valence-corrected chi connectivity index (χ2v) is 8.62. The van der Waals surface area contributed by atoms with Gasteiger partial charge >= 0.3 is 0 Å². The first-order valence-corrected chi connectivity index (χ1v) is 10.7. The van der Waals surface area contributed by atoms with Crippen LogP contribution in [0.25, 0.3) is 0 Å². The van der Waals surface area contributed by atoms with Crippen molar-refractivity contribution in [2.45, 2.75) is 50.1 Å². The van der Waals surface area contributed by atoms with Gasteiger partial charge in [0.15, 0.2) is 0 Å². The van der Waals surface area contributed by atoms with Crippen LogP contribution in [0.1, 0.15) is 48.4 Å². The van der Waals surface area contributed by atoms with Crippen molar-refractivity contribution in [2.24, 2.45) is 7.05 Å². The summed E-state index contributed by atoms with van der Waals surface area (Å²) in [5.41, 5.74) is 3.41. The molecule has 28 heavy (non-hydrogen) atoms. The molecule has 1 saturated carbocycles. The fraction of sp³-hybridized carbons (Fsp3) is 0.522. The summed E-state index contributed by atoms with van der Waals surface area (Å²) in [6, 6.07) is 13.7. The molecular weight excluding hydrogens is 370 g/mol. The number of aromatic nitrogens is 1. The van der Waals surface area contributed by atoms with Gasteiger partial charge < -0.3 is 9.30 Å². The van der Waals surface area contributed by atoms with E-state index < -0.39 is 0 Å². The molecule has 2 aliphatic rings. The average molecular weight is 398 g/mol. The van der Waals surface area contributed by atoms with Gasteiger partial charge in [-0.15, -0.1) is 0 Å². The standard InChI is InChI=1S/C23H28ClN3O/c1-26-15-19(13-22(26)14-25)18-4-8-21(9-5-18)27-10-11-28-16-23(27)12-17-2-6-20(24)7-3-17/h2-3,6-7,13,15,18,21,23H,4-5,8-12,16H2,1H3/t18?,21?,23-/m0/s1. The van der Waals surface area contributed by atoms with Gasteiger partial charge in [-0.1, -0.05) is 23.7 Å². The number of nitrogens with zero attached hydrogens (tertiary/aromatic N) is 3. The summed E-state index contributed by atoms with van der Waals surface area (Å²) in [5.74, 6) is 0.584. The van der Waals surface area contributed by atoms with Crippen LogP contribution in [0, 0.1) is 11.3 Å². The lowest BCUT2D eigenvalue weighted by Crippen LogP contribution is -2.52. The smallest absolute Gasteiger partial charge is 0.120 e. The van der Waals surface area contributed by atoms with Crippen LogP contribution in [-0.2, 0) is 18.2 Å². The fourth-order valence-electron chi connectivity index (χ4n) is 4.88.